The molecule has 0 spiro atoms. The molecule has 1 nitrogen and oxygen atoms in total. The average molecular weight is 186 g/mol. The summed E-state index contributed by atoms with van der Waals surface area (Å²) in [6.07, 6.45) is 5.09. The van der Waals surface area contributed by atoms with Crippen LogP contribution >= 0.6 is 15.9 Å². The summed E-state index contributed by atoms with van der Waals surface area (Å²) in [6.45, 7) is 7.06. The molecule has 0 aliphatic rings. The lowest BCUT2D eigenvalue weighted by molar-refractivity contribution is 1.55. The Hall–Kier alpha value is -0.630. The highest BCUT2D eigenvalue weighted by Crippen LogP contribution is 2.00. The molecule has 1 N–H and O–H groups in total. The van der Waals surface area contributed by atoms with Gasteiger partial charge in [-0.15, -0.1) is 0 Å². The molecule has 0 saturated heterocycles. The Labute approximate surface area is 63.4 Å². The third-order valence-electron chi connectivity index (χ3n) is 0.715. The lowest BCUT2D eigenvalue weighted by Crippen LogP contribution is -1.82. The van der Waals surface area contributed by atoms with Crippen LogP contribution in [0.15, 0.2) is 37.0 Å². The highest BCUT2D eigenvalue weighted by atomic mass is 79.9. The summed E-state index contributed by atoms with van der Waals surface area (Å²) in [6, 6.07) is 0. The molecule has 0 atom stereocenters. The van der Waals surface area contributed by atoms with Crippen LogP contribution < -0.4 is 0 Å². The molecule has 2 heteroatoms. The van der Waals surface area contributed by atoms with E-state index >= 15 is 0 Å². The number of rotatable bonds is 3. The summed E-state index contributed by atoms with van der Waals surface area (Å²) < 4.78 is 0.306. The predicted octanol–water partition coefficient (Wildman–Crippen LogP) is 2.66. The van der Waals surface area contributed by atoms with Crippen molar-refractivity contribution in [2.75, 3.05) is 0 Å². The molecule has 0 aliphatic heterocycles. The number of nitrogens with one attached hydrogen (secondary N) is 1. The topological polar surface area (TPSA) is 23.9 Å². The Balaban J connectivity index is 3.92. The zero-order valence-corrected chi connectivity index (χ0v) is 6.61. The maximum absolute atomic E-state index is 7.01. The van der Waals surface area contributed by atoms with E-state index in [1.165, 1.54) is 0 Å². The molecule has 48 valence electrons. The molecule has 0 unspecified atom stereocenters. The average Bonchev–Trinajstić information content (AvgIpc) is 1.82. The summed E-state index contributed by atoms with van der Waals surface area (Å²) in [5, 5.41) is 7.01. The zero-order valence-electron chi connectivity index (χ0n) is 5.02. The number of allylic oxidation sites excluding steroid dienone is 4. The summed E-state index contributed by atoms with van der Waals surface area (Å²) in [5.41, 5.74) is 0.648. The largest absolute Gasteiger partial charge is 0.293 e. The Morgan fingerprint density at radius 1 is 1.56 bits per heavy atom. The van der Waals surface area contributed by atoms with Gasteiger partial charge in [0.05, 0.1) is 0 Å². The molecule has 0 aliphatic carbocycles. The highest BCUT2D eigenvalue weighted by Gasteiger charge is 1.88. The highest BCUT2D eigenvalue weighted by molar-refractivity contribution is 9.18. The maximum atomic E-state index is 7.01. The second-order valence-electron chi connectivity index (χ2n) is 1.43. The van der Waals surface area contributed by atoms with E-state index in [1.807, 2.05) is 0 Å². The van der Waals surface area contributed by atoms with Crippen LogP contribution in [0.2, 0.25) is 0 Å². The van der Waals surface area contributed by atoms with E-state index in [0.717, 1.165) is 0 Å². The van der Waals surface area contributed by atoms with Gasteiger partial charge in [0.1, 0.15) is 4.62 Å². The van der Waals surface area contributed by atoms with Crippen LogP contribution in [-0.4, -0.2) is 4.62 Å². The lowest BCUT2D eigenvalue weighted by Gasteiger charge is -1.88. The van der Waals surface area contributed by atoms with Gasteiger partial charge >= 0.3 is 0 Å². The van der Waals surface area contributed by atoms with Crippen molar-refractivity contribution in [1.29, 1.82) is 5.41 Å². The van der Waals surface area contributed by atoms with Crippen molar-refractivity contribution in [3.8, 4) is 0 Å². The van der Waals surface area contributed by atoms with Crippen LogP contribution in [-0.2, 0) is 0 Å². The zero-order chi connectivity index (χ0) is 7.28. The van der Waals surface area contributed by atoms with Crippen molar-refractivity contribution in [3.63, 3.8) is 0 Å². The first-order valence-electron chi connectivity index (χ1n) is 2.41. The molecule has 0 rings (SSSR count). The number of hydrogen-bond donors (Lipinski definition) is 1. The fourth-order valence-electron chi connectivity index (χ4n) is 0.257. The number of hydrogen-bond acceptors (Lipinski definition) is 1. The molecule has 0 aromatic rings. The van der Waals surface area contributed by atoms with Gasteiger partial charge in [0.15, 0.2) is 0 Å². The van der Waals surface area contributed by atoms with Gasteiger partial charge in [-0.2, -0.15) is 0 Å². The molecule has 0 saturated carbocycles. The molecule has 0 heterocycles. The Morgan fingerprint density at radius 2 is 2.11 bits per heavy atom. The maximum Gasteiger partial charge on any atom is 0.103 e. The van der Waals surface area contributed by atoms with Gasteiger partial charge in [-0.1, -0.05) is 31.4 Å². The standard InChI is InChI=1S/C7H8BrN/c1-3-4-5-6(2)7(8)9/h3-5,9H,1-2H2/b5-4-,9-7?. The van der Waals surface area contributed by atoms with Crippen molar-refractivity contribution >= 4 is 20.6 Å². The second-order valence-corrected chi connectivity index (χ2v) is 2.23. The third-order valence-corrected chi connectivity index (χ3v) is 1.22. The molecular formula is C7H8BrN. The SMILES string of the molecule is C=C/C=C\C(=C)C(=N)Br. The van der Waals surface area contributed by atoms with Crippen LogP contribution in [0.1, 0.15) is 0 Å². The van der Waals surface area contributed by atoms with E-state index in [-0.39, 0.29) is 0 Å². The van der Waals surface area contributed by atoms with Gasteiger partial charge in [0.2, 0.25) is 0 Å². The number of halogens is 1. The molecular weight excluding hydrogens is 178 g/mol. The molecule has 0 fully saturated rings. The normalized spacial score (nSPS) is 9.44. The van der Waals surface area contributed by atoms with Crippen molar-refractivity contribution in [1.82, 2.24) is 0 Å². The van der Waals surface area contributed by atoms with Gasteiger partial charge in [-0.3, -0.25) is 5.41 Å². The van der Waals surface area contributed by atoms with Gasteiger partial charge in [0.25, 0.3) is 0 Å². The molecule has 0 aromatic heterocycles. The first kappa shape index (κ1) is 8.37. The van der Waals surface area contributed by atoms with Crippen LogP contribution in [0.3, 0.4) is 0 Å². The van der Waals surface area contributed by atoms with Crippen molar-refractivity contribution in [2.45, 2.75) is 0 Å². The molecule has 0 radical (unpaired) electrons. The van der Waals surface area contributed by atoms with Crippen LogP contribution in [0.25, 0.3) is 0 Å². The Bertz CT molecular complexity index is 168. The monoisotopic (exact) mass is 185 g/mol. The summed E-state index contributed by atoms with van der Waals surface area (Å²) in [5.74, 6) is 0. The second kappa shape index (κ2) is 4.27. The van der Waals surface area contributed by atoms with E-state index in [1.54, 1.807) is 18.2 Å². The van der Waals surface area contributed by atoms with Gasteiger partial charge in [-0.05, 0) is 21.5 Å². The minimum atomic E-state index is 0.306. The Kier molecular flexibility index (Phi) is 3.97. The molecule has 9 heavy (non-hydrogen) atoms. The van der Waals surface area contributed by atoms with Crippen LogP contribution in [0, 0.1) is 5.41 Å². The summed E-state index contributed by atoms with van der Waals surface area (Å²) in [4.78, 5) is 0. The quantitative estimate of drug-likeness (QED) is 0.517. The minimum absolute atomic E-state index is 0.306. The molecule has 0 bridgehead atoms. The van der Waals surface area contributed by atoms with E-state index in [4.69, 9.17) is 5.41 Å². The van der Waals surface area contributed by atoms with E-state index in [9.17, 15) is 0 Å². The van der Waals surface area contributed by atoms with E-state index in [2.05, 4.69) is 29.1 Å². The smallest absolute Gasteiger partial charge is 0.103 e. The predicted molar refractivity (Wildman–Crippen MR) is 45.1 cm³/mol. The summed E-state index contributed by atoms with van der Waals surface area (Å²) >= 11 is 2.97. The molecule has 0 amide bonds. The van der Waals surface area contributed by atoms with Gasteiger partial charge in [-0.25, -0.2) is 0 Å². The summed E-state index contributed by atoms with van der Waals surface area (Å²) in [7, 11) is 0. The van der Waals surface area contributed by atoms with Crippen LogP contribution in [0.5, 0.6) is 0 Å². The van der Waals surface area contributed by atoms with E-state index in [0.29, 0.717) is 10.2 Å². The van der Waals surface area contributed by atoms with Crippen LogP contribution in [0.4, 0.5) is 0 Å². The third kappa shape index (κ3) is 3.91. The first-order valence-corrected chi connectivity index (χ1v) is 3.20. The van der Waals surface area contributed by atoms with Crippen molar-refractivity contribution in [3.05, 3.63) is 37.0 Å². The fraction of sp³-hybridized carbons (Fsp3) is 0. The van der Waals surface area contributed by atoms with Crippen molar-refractivity contribution < 1.29 is 0 Å². The van der Waals surface area contributed by atoms with Crippen molar-refractivity contribution in [2.24, 2.45) is 0 Å². The lowest BCUT2D eigenvalue weighted by atomic mass is 10.3. The fourth-order valence-corrected chi connectivity index (χ4v) is 0.390. The van der Waals surface area contributed by atoms with Gasteiger partial charge < -0.3 is 0 Å². The minimum Gasteiger partial charge on any atom is -0.293 e. The Morgan fingerprint density at radius 3 is 2.44 bits per heavy atom. The first-order chi connectivity index (χ1) is 4.18. The van der Waals surface area contributed by atoms with E-state index < -0.39 is 0 Å². The van der Waals surface area contributed by atoms with Gasteiger partial charge in [0, 0.05) is 0 Å². The molecule has 0 aromatic carbocycles.